The van der Waals surface area contributed by atoms with Gasteiger partial charge in [0.1, 0.15) is 10.8 Å². The number of hydrogen-bond acceptors (Lipinski definition) is 5. The average molecular weight is 352 g/mol. The molecule has 2 atom stereocenters. The summed E-state index contributed by atoms with van der Waals surface area (Å²) in [7, 11) is 3.33. The number of carbonyl (C=O) groups excluding carboxylic acids is 3. The zero-order chi connectivity index (χ0) is 18.2. The van der Waals surface area contributed by atoms with Crippen molar-refractivity contribution in [3.05, 3.63) is 10.6 Å². The van der Waals surface area contributed by atoms with E-state index in [0.717, 1.165) is 11.3 Å². The fourth-order valence-electron chi connectivity index (χ4n) is 2.76. The molecule has 1 aliphatic heterocycles. The lowest BCUT2D eigenvalue weighted by Gasteiger charge is -2.29. The maximum absolute atomic E-state index is 12.6. The van der Waals surface area contributed by atoms with Crippen LogP contribution >= 0.6 is 11.3 Å². The number of aromatic nitrogens is 1. The highest BCUT2D eigenvalue weighted by Crippen LogP contribution is 2.36. The number of thiazole rings is 1. The van der Waals surface area contributed by atoms with Crippen LogP contribution in [0.1, 0.15) is 36.1 Å². The molecule has 1 fully saturated rings. The normalized spacial score (nSPS) is 20.7. The van der Waals surface area contributed by atoms with Crippen LogP contribution in [0.4, 0.5) is 5.13 Å². The van der Waals surface area contributed by atoms with E-state index in [2.05, 4.69) is 15.6 Å². The molecule has 0 aromatic carbocycles. The molecule has 1 aliphatic rings. The molecule has 0 aliphatic carbocycles. The van der Waals surface area contributed by atoms with Gasteiger partial charge in [0, 0.05) is 26.6 Å². The van der Waals surface area contributed by atoms with Gasteiger partial charge in [-0.1, -0.05) is 32.1 Å². The van der Waals surface area contributed by atoms with E-state index in [1.807, 2.05) is 20.8 Å². The first kappa shape index (κ1) is 18.4. The number of rotatable bonds is 3. The van der Waals surface area contributed by atoms with Crippen molar-refractivity contribution in [2.45, 2.75) is 27.7 Å². The zero-order valence-electron chi connectivity index (χ0n) is 14.9. The lowest BCUT2D eigenvalue weighted by molar-refractivity contribution is -0.132. The number of amides is 3. The first-order valence-corrected chi connectivity index (χ1v) is 8.61. The largest absolute Gasteiger partial charge is 0.355 e. The Labute approximate surface area is 145 Å². The van der Waals surface area contributed by atoms with Gasteiger partial charge in [-0.2, -0.15) is 0 Å². The molecule has 7 nitrogen and oxygen atoms in total. The number of nitrogens with zero attached hydrogens (tertiary/aromatic N) is 2. The van der Waals surface area contributed by atoms with Gasteiger partial charge in [0.2, 0.25) is 11.8 Å². The van der Waals surface area contributed by atoms with E-state index in [1.165, 1.54) is 4.90 Å². The van der Waals surface area contributed by atoms with Crippen LogP contribution in [-0.4, -0.2) is 48.2 Å². The van der Waals surface area contributed by atoms with Gasteiger partial charge in [-0.25, -0.2) is 4.98 Å². The predicted octanol–water partition coefficient (Wildman–Crippen LogP) is 1.50. The van der Waals surface area contributed by atoms with Gasteiger partial charge in [0.25, 0.3) is 5.91 Å². The van der Waals surface area contributed by atoms with Gasteiger partial charge in [-0.3, -0.25) is 14.4 Å². The molecular formula is C16H24N4O3S. The molecule has 1 aromatic heterocycles. The highest BCUT2D eigenvalue weighted by molar-refractivity contribution is 7.17. The van der Waals surface area contributed by atoms with Crippen LogP contribution < -0.4 is 10.6 Å². The number of anilines is 1. The van der Waals surface area contributed by atoms with E-state index in [0.29, 0.717) is 22.2 Å². The summed E-state index contributed by atoms with van der Waals surface area (Å²) in [6.45, 7) is 8.25. The molecule has 2 heterocycles. The molecule has 2 N–H and O–H groups in total. The molecule has 132 valence electrons. The number of carbonyl (C=O) groups is 3. The van der Waals surface area contributed by atoms with Crippen molar-refractivity contribution in [2.24, 2.45) is 17.3 Å². The fourth-order valence-corrected chi connectivity index (χ4v) is 3.75. The van der Waals surface area contributed by atoms with Crippen molar-refractivity contribution in [3.63, 3.8) is 0 Å². The first-order chi connectivity index (χ1) is 11.0. The molecule has 0 spiro atoms. The Bertz CT molecular complexity index is 675. The van der Waals surface area contributed by atoms with Crippen molar-refractivity contribution in [1.82, 2.24) is 15.2 Å². The van der Waals surface area contributed by atoms with Crippen LogP contribution in [0.3, 0.4) is 0 Å². The molecule has 1 saturated heterocycles. The minimum atomic E-state index is -0.748. The third-order valence-electron chi connectivity index (χ3n) is 4.20. The summed E-state index contributed by atoms with van der Waals surface area (Å²) in [5, 5.41) is 5.82. The minimum Gasteiger partial charge on any atom is -0.355 e. The fraction of sp³-hybridized carbons (Fsp3) is 0.625. The lowest BCUT2D eigenvalue weighted by Crippen LogP contribution is -2.37. The Hall–Kier alpha value is -1.96. The second kappa shape index (κ2) is 6.51. The van der Waals surface area contributed by atoms with Crippen LogP contribution in [0.15, 0.2) is 0 Å². The van der Waals surface area contributed by atoms with E-state index >= 15 is 0 Å². The van der Waals surface area contributed by atoms with Gasteiger partial charge in [-0.05, 0) is 12.3 Å². The van der Waals surface area contributed by atoms with Crippen LogP contribution in [-0.2, 0) is 9.59 Å². The first-order valence-electron chi connectivity index (χ1n) is 7.80. The second-order valence-electron chi connectivity index (χ2n) is 7.32. The summed E-state index contributed by atoms with van der Waals surface area (Å²) in [6.07, 6.45) is 0. The van der Waals surface area contributed by atoms with Crippen LogP contribution in [0.2, 0.25) is 0 Å². The maximum Gasteiger partial charge on any atom is 0.265 e. The molecule has 1 aromatic rings. The lowest BCUT2D eigenvalue weighted by atomic mass is 9.74. The number of aryl methyl sites for hydroxylation is 1. The Kier molecular flexibility index (Phi) is 4.98. The summed E-state index contributed by atoms with van der Waals surface area (Å²) < 4.78 is 0. The van der Waals surface area contributed by atoms with Crippen molar-refractivity contribution in [2.75, 3.05) is 26.0 Å². The molecule has 2 rings (SSSR count). The molecule has 24 heavy (non-hydrogen) atoms. The summed E-state index contributed by atoms with van der Waals surface area (Å²) >= 11 is 1.13. The molecule has 0 saturated carbocycles. The highest BCUT2D eigenvalue weighted by atomic mass is 32.1. The minimum absolute atomic E-state index is 0.0889. The summed E-state index contributed by atoms with van der Waals surface area (Å²) in [6, 6.07) is 0. The van der Waals surface area contributed by atoms with Gasteiger partial charge in [-0.15, -0.1) is 0 Å². The van der Waals surface area contributed by atoms with Crippen LogP contribution in [0, 0.1) is 24.2 Å². The molecule has 8 heteroatoms. The van der Waals surface area contributed by atoms with Crippen molar-refractivity contribution < 1.29 is 14.4 Å². The third-order valence-corrected chi connectivity index (χ3v) is 5.26. The second-order valence-corrected chi connectivity index (χ2v) is 8.32. The zero-order valence-corrected chi connectivity index (χ0v) is 15.7. The summed E-state index contributed by atoms with van der Waals surface area (Å²) in [5.74, 6) is -1.62. The Morgan fingerprint density at radius 2 is 1.96 bits per heavy atom. The summed E-state index contributed by atoms with van der Waals surface area (Å²) in [5.41, 5.74) is 0.392. The third kappa shape index (κ3) is 3.58. The molecule has 0 radical (unpaired) electrons. The van der Waals surface area contributed by atoms with E-state index in [9.17, 15) is 14.4 Å². The van der Waals surface area contributed by atoms with E-state index in [1.54, 1.807) is 21.0 Å². The van der Waals surface area contributed by atoms with E-state index < -0.39 is 5.92 Å². The Balaban J connectivity index is 2.19. The van der Waals surface area contributed by atoms with Crippen LogP contribution in [0.5, 0.6) is 0 Å². The SMILES string of the molecule is Cc1nc(NC(=O)[C@H]2C(=O)NC[C@@H]2C(C)(C)C)sc1C(=O)N(C)C. The monoisotopic (exact) mass is 352 g/mol. The molecule has 0 unspecified atom stereocenters. The van der Waals surface area contributed by atoms with E-state index in [-0.39, 0.29) is 29.1 Å². The smallest absolute Gasteiger partial charge is 0.265 e. The average Bonchev–Trinajstić information content (AvgIpc) is 3.00. The van der Waals surface area contributed by atoms with Gasteiger partial charge in [0.05, 0.1) is 5.69 Å². The standard InChI is InChI=1S/C16H24N4O3S/c1-8-11(14(23)20(5)6)24-15(18-8)19-13(22)10-9(16(2,3)4)7-17-12(10)21/h9-10H,7H2,1-6H3,(H,17,21)(H,18,19,22)/t9-,10+/m0/s1. The number of hydrogen-bond donors (Lipinski definition) is 2. The Morgan fingerprint density at radius 1 is 1.33 bits per heavy atom. The molecule has 3 amide bonds. The van der Waals surface area contributed by atoms with Crippen molar-refractivity contribution in [1.29, 1.82) is 0 Å². The van der Waals surface area contributed by atoms with Crippen molar-refractivity contribution >= 4 is 34.2 Å². The summed E-state index contributed by atoms with van der Waals surface area (Å²) in [4.78, 5) is 43.0. The Morgan fingerprint density at radius 3 is 2.50 bits per heavy atom. The number of nitrogens with one attached hydrogen (secondary N) is 2. The molecule has 0 bridgehead atoms. The topological polar surface area (TPSA) is 91.4 Å². The van der Waals surface area contributed by atoms with Crippen molar-refractivity contribution in [3.8, 4) is 0 Å². The molecular weight excluding hydrogens is 328 g/mol. The quantitative estimate of drug-likeness (QED) is 0.807. The van der Waals surface area contributed by atoms with Gasteiger partial charge < -0.3 is 15.5 Å². The van der Waals surface area contributed by atoms with Gasteiger partial charge >= 0.3 is 0 Å². The maximum atomic E-state index is 12.6. The highest BCUT2D eigenvalue weighted by Gasteiger charge is 2.45. The van der Waals surface area contributed by atoms with E-state index in [4.69, 9.17) is 0 Å². The predicted molar refractivity (Wildman–Crippen MR) is 92.9 cm³/mol. The van der Waals surface area contributed by atoms with Gasteiger partial charge in [0.15, 0.2) is 5.13 Å². The van der Waals surface area contributed by atoms with Crippen LogP contribution in [0.25, 0.3) is 0 Å².